The van der Waals surface area contributed by atoms with E-state index in [0.29, 0.717) is 11.3 Å². The zero-order chi connectivity index (χ0) is 21.0. The molecule has 0 saturated carbocycles. The van der Waals surface area contributed by atoms with Crippen LogP contribution < -0.4 is 14.8 Å². The van der Waals surface area contributed by atoms with E-state index in [1.54, 1.807) is 14.0 Å². The van der Waals surface area contributed by atoms with E-state index >= 15 is 0 Å². The van der Waals surface area contributed by atoms with Crippen LogP contribution in [0.2, 0.25) is 0 Å². The lowest BCUT2D eigenvalue weighted by Crippen LogP contribution is -2.28. The van der Waals surface area contributed by atoms with Crippen LogP contribution in [-0.2, 0) is 6.61 Å². The highest BCUT2D eigenvalue weighted by Crippen LogP contribution is 2.22. The number of aromatic nitrogens is 1. The second-order valence-electron chi connectivity index (χ2n) is 7.07. The van der Waals surface area contributed by atoms with Gasteiger partial charge in [0.05, 0.1) is 18.7 Å². The normalized spacial score (nSPS) is 11.8. The number of carbonyl (C=O) groups excluding carboxylic acids is 1. The Morgan fingerprint density at radius 1 is 1.10 bits per heavy atom. The lowest BCUT2D eigenvalue weighted by atomic mass is 10.1. The monoisotopic (exact) mass is 394 g/mol. The molecule has 0 bridgehead atoms. The highest BCUT2D eigenvalue weighted by atomic mass is 16.5. The van der Waals surface area contributed by atoms with Crippen LogP contribution >= 0.6 is 0 Å². The fraction of sp³-hybridized carbons (Fsp3) is 0.304. The van der Waals surface area contributed by atoms with Crippen molar-refractivity contribution >= 4 is 5.91 Å². The van der Waals surface area contributed by atoms with E-state index in [2.05, 4.69) is 17.4 Å². The molecule has 0 aliphatic rings. The molecule has 3 rings (SSSR count). The van der Waals surface area contributed by atoms with Crippen molar-refractivity contribution in [3.05, 3.63) is 76.2 Å². The van der Waals surface area contributed by atoms with E-state index in [4.69, 9.17) is 14.0 Å². The minimum Gasteiger partial charge on any atom is -0.497 e. The van der Waals surface area contributed by atoms with Gasteiger partial charge in [-0.2, -0.15) is 0 Å². The number of aryl methyl sites for hydroxylation is 3. The number of amides is 1. The molecule has 0 spiro atoms. The molecule has 6 nitrogen and oxygen atoms in total. The number of nitrogens with one attached hydrogen (secondary N) is 1. The first kappa shape index (κ1) is 20.5. The zero-order valence-electron chi connectivity index (χ0n) is 17.4. The molecule has 0 radical (unpaired) electrons. The highest BCUT2D eigenvalue weighted by molar-refractivity contribution is 5.94. The first-order valence-electron chi connectivity index (χ1n) is 9.49. The van der Waals surface area contributed by atoms with Crippen LogP contribution in [0.25, 0.3) is 0 Å². The maximum Gasteiger partial charge on any atom is 0.274 e. The lowest BCUT2D eigenvalue weighted by Gasteiger charge is -2.15. The van der Waals surface area contributed by atoms with Gasteiger partial charge in [0.25, 0.3) is 5.91 Å². The number of rotatable bonds is 7. The predicted octanol–water partition coefficient (Wildman–Crippen LogP) is 4.68. The molecule has 1 unspecified atom stereocenters. The standard InChI is InChI=1S/C23H26N2O4/c1-14-9-10-20(11-15(14)2)28-13-21-17(4)29-25-22(21)23(26)24-16(3)18-7-6-8-19(12-18)27-5/h6-12,16H,13H2,1-5H3,(H,24,26). The summed E-state index contributed by atoms with van der Waals surface area (Å²) in [5, 5.41) is 6.91. The Bertz CT molecular complexity index is 1010. The number of hydrogen-bond acceptors (Lipinski definition) is 5. The molecule has 0 saturated heterocycles. The maximum absolute atomic E-state index is 12.8. The van der Waals surface area contributed by atoms with Crippen molar-refractivity contribution in [3.8, 4) is 11.5 Å². The fourth-order valence-corrected chi connectivity index (χ4v) is 2.96. The van der Waals surface area contributed by atoms with Gasteiger partial charge < -0.3 is 19.3 Å². The summed E-state index contributed by atoms with van der Waals surface area (Å²) in [7, 11) is 1.61. The SMILES string of the molecule is COc1cccc(C(C)NC(=O)c2noc(C)c2COc2ccc(C)c(C)c2)c1. The number of carbonyl (C=O) groups is 1. The molecule has 1 amide bonds. The van der Waals surface area contributed by atoms with E-state index in [-0.39, 0.29) is 24.2 Å². The van der Waals surface area contributed by atoms with Gasteiger partial charge in [-0.15, -0.1) is 0 Å². The van der Waals surface area contributed by atoms with Gasteiger partial charge in [0.15, 0.2) is 5.69 Å². The average Bonchev–Trinajstić information content (AvgIpc) is 3.09. The third-order valence-corrected chi connectivity index (χ3v) is 5.00. The molecule has 0 aliphatic heterocycles. The molecule has 6 heteroatoms. The van der Waals surface area contributed by atoms with Gasteiger partial charge in [-0.25, -0.2) is 0 Å². The maximum atomic E-state index is 12.8. The smallest absolute Gasteiger partial charge is 0.274 e. The summed E-state index contributed by atoms with van der Waals surface area (Å²) >= 11 is 0. The third kappa shape index (κ3) is 4.77. The molecule has 3 aromatic rings. The van der Waals surface area contributed by atoms with Crippen molar-refractivity contribution in [1.29, 1.82) is 0 Å². The highest BCUT2D eigenvalue weighted by Gasteiger charge is 2.22. The average molecular weight is 394 g/mol. The zero-order valence-corrected chi connectivity index (χ0v) is 17.4. The summed E-state index contributed by atoms with van der Waals surface area (Å²) < 4.78 is 16.4. The molecule has 1 aromatic heterocycles. The van der Waals surface area contributed by atoms with E-state index in [9.17, 15) is 4.79 Å². The second kappa shape index (κ2) is 8.82. The summed E-state index contributed by atoms with van der Waals surface area (Å²) in [4.78, 5) is 12.8. The van der Waals surface area contributed by atoms with Crippen molar-refractivity contribution in [3.63, 3.8) is 0 Å². The molecule has 2 aromatic carbocycles. The quantitative estimate of drug-likeness (QED) is 0.630. The largest absolute Gasteiger partial charge is 0.497 e. The van der Waals surface area contributed by atoms with Crippen LogP contribution in [0.5, 0.6) is 11.5 Å². The van der Waals surface area contributed by atoms with Crippen molar-refractivity contribution in [2.24, 2.45) is 0 Å². The minimum atomic E-state index is -0.309. The third-order valence-electron chi connectivity index (χ3n) is 5.00. The summed E-state index contributed by atoms with van der Waals surface area (Å²) in [5.74, 6) is 1.73. The molecule has 1 heterocycles. The first-order chi connectivity index (χ1) is 13.9. The van der Waals surface area contributed by atoms with Crippen LogP contribution in [0.4, 0.5) is 0 Å². The first-order valence-corrected chi connectivity index (χ1v) is 9.49. The van der Waals surface area contributed by atoms with Gasteiger partial charge in [0, 0.05) is 0 Å². The van der Waals surface area contributed by atoms with Gasteiger partial charge in [-0.1, -0.05) is 23.4 Å². The Morgan fingerprint density at radius 3 is 2.62 bits per heavy atom. The van der Waals surface area contributed by atoms with Gasteiger partial charge >= 0.3 is 0 Å². The lowest BCUT2D eigenvalue weighted by molar-refractivity contribution is 0.0928. The van der Waals surface area contributed by atoms with Gasteiger partial charge in [-0.05, 0) is 68.7 Å². The molecule has 1 N–H and O–H groups in total. The molecule has 0 aliphatic carbocycles. The Morgan fingerprint density at radius 2 is 1.90 bits per heavy atom. The summed E-state index contributed by atoms with van der Waals surface area (Å²) in [6, 6.07) is 13.3. The number of nitrogens with zero attached hydrogens (tertiary/aromatic N) is 1. The molecular weight excluding hydrogens is 368 g/mol. The predicted molar refractivity (Wildman–Crippen MR) is 110 cm³/mol. The van der Waals surface area contributed by atoms with Crippen LogP contribution in [0.15, 0.2) is 47.0 Å². The van der Waals surface area contributed by atoms with E-state index in [1.165, 1.54) is 5.56 Å². The van der Waals surface area contributed by atoms with Crippen LogP contribution in [0.3, 0.4) is 0 Å². The van der Waals surface area contributed by atoms with Crippen LogP contribution in [-0.4, -0.2) is 18.2 Å². The molecule has 0 fully saturated rings. The number of methoxy groups -OCH3 is 1. The Balaban J connectivity index is 1.72. The molecule has 1 atom stereocenters. The number of hydrogen-bond donors (Lipinski definition) is 1. The van der Waals surface area contributed by atoms with E-state index < -0.39 is 0 Å². The Kier molecular flexibility index (Phi) is 6.22. The van der Waals surface area contributed by atoms with E-state index in [1.807, 2.05) is 56.3 Å². The van der Waals surface area contributed by atoms with Crippen molar-refractivity contribution in [2.45, 2.75) is 40.3 Å². The number of benzene rings is 2. The molecular formula is C23H26N2O4. The van der Waals surface area contributed by atoms with Crippen molar-refractivity contribution in [1.82, 2.24) is 10.5 Å². The number of ether oxygens (including phenoxy) is 2. The van der Waals surface area contributed by atoms with Gasteiger partial charge in [0.1, 0.15) is 23.9 Å². The topological polar surface area (TPSA) is 73.6 Å². The van der Waals surface area contributed by atoms with Crippen LogP contribution in [0, 0.1) is 20.8 Å². The Hall–Kier alpha value is -3.28. The van der Waals surface area contributed by atoms with Crippen molar-refractivity contribution < 1.29 is 18.8 Å². The summed E-state index contributed by atoms with van der Waals surface area (Å²) in [5.41, 5.74) is 4.16. The van der Waals surface area contributed by atoms with Gasteiger partial charge in [0.2, 0.25) is 0 Å². The fourth-order valence-electron chi connectivity index (χ4n) is 2.96. The summed E-state index contributed by atoms with van der Waals surface area (Å²) in [6.07, 6.45) is 0. The molecule has 29 heavy (non-hydrogen) atoms. The van der Waals surface area contributed by atoms with Gasteiger partial charge in [-0.3, -0.25) is 4.79 Å². The minimum absolute atomic E-state index is 0.203. The molecule has 152 valence electrons. The van der Waals surface area contributed by atoms with Crippen molar-refractivity contribution in [2.75, 3.05) is 7.11 Å². The van der Waals surface area contributed by atoms with Crippen LogP contribution in [0.1, 0.15) is 51.5 Å². The van der Waals surface area contributed by atoms with E-state index in [0.717, 1.165) is 22.6 Å². The second-order valence-corrected chi connectivity index (χ2v) is 7.07. The summed E-state index contributed by atoms with van der Waals surface area (Å²) in [6.45, 7) is 7.97. The Labute approximate surface area is 170 Å².